The van der Waals surface area contributed by atoms with Gasteiger partial charge in [-0.15, -0.1) is 0 Å². The second-order valence-corrected chi connectivity index (χ2v) is 5.74. The van der Waals surface area contributed by atoms with Crippen molar-refractivity contribution in [1.29, 1.82) is 0 Å². The number of benzene rings is 2. The lowest BCUT2D eigenvalue weighted by Crippen LogP contribution is -2.18. The van der Waals surface area contributed by atoms with E-state index in [1.54, 1.807) is 0 Å². The van der Waals surface area contributed by atoms with Crippen molar-refractivity contribution in [2.45, 2.75) is 26.8 Å². The van der Waals surface area contributed by atoms with Crippen molar-refractivity contribution in [3.63, 3.8) is 0 Å². The summed E-state index contributed by atoms with van der Waals surface area (Å²) in [6, 6.07) is 14.5. The normalized spacial score (nSPS) is 12.2. The maximum absolute atomic E-state index is 6.10. The summed E-state index contributed by atoms with van der Waals surface area (Å²) >= 11 is 3.47. The van der Waals surface area contributed by atoms with E-state index in [4.69, 9.17) is 4.74 Å². The fraction of sp³-hybridized carbons (Fsp3) is 0.294. The van der Waals surface area contributed by atoms with Crippen LogP contribution in [0.15, 0.2) is 46.9 Å². The summed E-state index contributed by atoms with van der Waals surface area (Å²) in [5, 5.41) is 3.42. The topological polar surface area (TPSA) is 21.3 Å². The number of hydrogen-bond donors (Lipinski definition) is 1. The number of para-hydroxylation sites is 1. The summed E-state index contributed by atoms with van der Waals surface area (Å²) in [5.41, 5.74) is 2.29. The van der Waals surface area contributed by atoms with Crippen LogP contribution in [0.4, 0.5) is 0 Å². The first-order valence-electron chi connectivity index (χ1n) is 6.88. The molecule has 2 aromatic carbocycles. The predicted molar refractivity (Wildman–Crippen MR) is 87.5 cm³/mol. The molecule has 20 heavy (non-hydrogen) atoms. The molecule has 0 spiro atoms. The maximum atomic E-state index is 6.10. The van der Waals surface area contributed by atoms with Gasteiger partial charge in [-0.05, 0) is 50.2 Å². The number of rotatable bonds is 5. The lowest BCUT2D eigenvalue weighted by molar-refractivity contribution is 0.460. The fourth-order valence-electron chi connectivity index (χ4n) is 2.19. The Morgan fingerprint density at radius 3 is 2.60 bits per heavy atom. The van der Waals surface area contributed by atoms with Crippen LogP contribution in [-0.4, -0.2) is 6.54 Å². The number of aryl methyl sites for hydroxylation is 1. The smallest absolute Gasteiger partial charge is 0.132 e. The Balaban J connectivity index is 2.29. The minimum atomic E-state index is 0.270. The summed E-state index contributed by atoms with van der Waals surface area (Å²) in [5.74, 6) is 1.80. The first kappa shape index (κ1) is 15.1. The summed E-state index contributed by atoms with van der Waals surface area (Å²) in [6.07, 6.45) is 0. The molecule has 106 valence electrons. The Labute approximate surface area is 129 Å². The summed E-state index contributed by atoms with van der Waals surface area (Å²) in [6.45, 7) is 7.25. The third kappa shape index (κ3) is 3.62. The Kier molecular flexibility index (Phi) is 5.21. The van der Waals surface area contributed by atoms with E-state index >= 15 is 0 Å². The van der Waals surface area contributed by atoms with Crippen LogP contribution in [0.5, 0.6) is 11.5 Å². The van der Waals surface area contributed by atoms with Crippen LogP contribution >= 0.6 is 15.9 Å². The Morgan fingerprint density at radius 1 is 1.15 bits per heavy atom. The highest BCUT2D eigenvalue weighted by Crippen LogP contribution is 2.32. The van der Waals surface area contributed by atoms with Crippen molar-refractivity contribution in [1.82, 2.24) is 5.32 Å². The van der Waals surface area contributed by atoms with Gasteiger partial charge in [-0.25, -0.2) is 0 Å². The molecule has 3 heteroatoms. The van der Waals surface area contributed by atoms with Crippen molar-refractivity contribution in [3.05, 3.63) is 58.1 Å². The lowest BCUT2D eigenvalue weighted by atomic mass is 10.1. The van der Waals surface area contributed by atoms with Crippen LogP contribution in [0.3, 0.4) is 0 Å². The van der Waals surface area contributed by atoms with Crippen molar-refractivity contribution in [2.24, 2.45) is 0 Å². The van der Waals surface area contributed by atoms with Gasteiger partial charge in [-0.3, -0.25) is 0 Å². The van der Waals surface area contributed by atoms with Gasteiger partial charge < -0.3 is 10.1 Å². The second-order valence-electron chi connectivity index (χ2n) is 4.83. The van der Waals surface area contributed by atoms with Crippen LogP contribution in [-0.2, 0) is 0 Å². The van der Waals surface area contributed by atoms with Gasteiger partial charge in [0.25, 0.3) is 0 Å². The quantitative estimate of drug-likeness (QED) is 0.809. The number of nitrogens with one attached hydrogen (secondary N) is 1. The van der Waals surface area contributed by atoms with Gasteiger partial charge in [0.1, 0.15) is 11.5 Å². The van der Waals surface area contributed by atoms with Crippen LogP contribution < -0.4 is 10.1 Å². The van der Waals surface area contributed by atoms with Gasteiger partial charge in [-0.1, -0.05) is 41.1 Å². The molecule has 0 aliphatic heterocycles. The first-order valence-corrected chi connectivity index (χ1v) is 7.67. The molecule has 0 radical (unpaired) electrons. The van der Waals surface area contributed by atoms with E-state index in [-0.39, 0.29) is 6.04 Å². The highest BCUT2D eigenvalue weighted by molar-refractivity contribution is 9.10. The molecule has 1 unspecified atom stereocenters. The zero-order valence-electron chi connectivity index (χ0n) is 12.1. The largest absolute Gasteiger partial charge is 0.457 e. The van der Waals surface area contributed by atoms with E-state index in [1.165, 1.54) is 5.56 Å². The molecule has 0 saturated carbocycles. The molecule has 0 aliphatic carbocycles. The molecule has 0 aromatic heterocycles. The number of hydrogen-bond acceptors (Lipinski definition) is 2. The summed E-state index contributed by atoms with van der Waals surface area (Å²) in [7, 11) is 0. The molecule has 2 aromatic rings. The zero-order valence-corrected chi connectivity index (χ0v) is 13.7. The molecule has 1 N–H and O–H groups in total. The molecule has 1 atom stereocenters. The Morgan fingerprint density at radius 2 is 1.90 bits per heavy atom. The SMILES string of the molecule is CCNC(C)c1ccccc1Oc1ccc(Br)cc1C. The van der Waals surface area contributed by atoms with Gasteiger partial charge in [0.15, 0.2) is 0 Å². The monoisotopic (exact) mass is 333 g/mol. The molecule has 0 saturated heterocycles. The van der Waals surface area contributed by atoms with E-state index in [9.17, 15) is 0 Å². The Hall–Kier alpha value is -1.32. The van der Waals surface area contributed by atoms with E-state index in [2.05, 4.69) is 54.2 Å². The molecule has 0 heterocycles. The van der Waals surface area contributed by atoms with Crippen LogP contribution in [0.25, 0.3) is 0 Å². The number of halogens is 1. The van der Waals surface area contributed by atoms with Crippen molar-refractivity contribution < 1.29 is 4.74 Å². The van der Waals surface area contributed by atoms with Gasteiger partial charge >= 0.3 is 0 Å². The van der Waals surface area contributed by atoms with E-state index in [1.807, 2.05) is 30.3 Å². The van der Waals surface area contributed by atoms with Gasteiger partial charge in [0.05, 0.1) is 0 Å². The fourth-order valence-corrected chi connectivity index (χ4v) is 2.67. The maximum Gasteiger partial charge on any atom is 0.132 e. The lowest BCUT2D eigenvalue weighted by Gasteiger charge is -2.18. The third-order valence-electron chi connectivity index (χ3n) is 3.25. The molecular weight excluding hydrogens is 314 g/mol. The summed E-state index contributed by atoms with van der Waals surface area (Å²) < 4.78 is 7.17. The average Bonchev–Trinajstić information content (AvgIpc) is 2.43. The predicted octanol–water partition coefficient (Wildman–Crippen LogP) is 5.22. The van der Waals surface area contributed by atoms with Crippen molar-refractivity contribution in [3.8, 4) is 11.5 Å². The highest BCUT2D eigenvalue weighted by Gasteiger charge is 2.11. The molecule has 2 nitrogen and oxygen atoms in total. The van der Waals surface area contributed by atoms with Gasteiger partial charge in [-0.2, -0.15) is 0 Å². The first-order chi connectivity index (χ1) is 9.61. The molecule has 2 rings (SSSR count). The van der Waals surface area contributed by atoms with Crippen molar-refractivity contribution >= 4 is 15.9 Å². The third-order valence-corrected chi connectivity index (χ3v) is 3.75. The highest BCUT2D eigenvalue weighted by atomic mass is 79.9. The van der Waals surface area contributed by atoms with Crippen LogP contribution in [0, 0.1) is 6.92 Å². The molecule has 0 amide bonds. The minimum Gasteiger partial charge on any atom is -0.457 e. The van der Waals surface area contributed by atoms with Crippen LogP contribution in [0.1, 0.15) is 31.0 Å². The molecular formula is C17H20BrNO. The van der Waals surface area contributed by atoms with Gasteiger partial charge in [0.2, 0.25) is 0 Å². The standard InChI is InChI=1S/C17H20BrNO/c1-4-19-13(3)15-7-5-6-8-17(15)20-16-10-9-14(18)11-12(16)2/h5-11,13,19H,4H2,1-3H3. The average molecular weight is 334 g/mol. The Bertz CT molecular complexity index is 583. The van der Waals surface area contributed by atoms with Crippen LogP contribution in [0.2, 0.25) is 0 Å². The molecule has 0 fully saturated rings. The molecule has 0 aliphatic rings. The van der Waals surface area contributed by atoms with E-state index < -0.39 is 0 Å². The number of ether oxygens (including phenoxy) is 1. The minimum absolute atomic E-state index is 0.270. The van der Waals surface area contributed by atoms with Gasteiger partial charge in [0, 0.05) is 16.1 Å². The second kappa shape index (κ2) is 6.91. The van der Waals surface area contributed by atoms with Crippen molar-refractivity contribution in [2.75, 3.05) is 6.54 Å². The zero-order chi connectivity index (χ0) is 14.5. The van der Waals surface area contributed by atoms with E-state index in [0.717, 1.165) is 28.1 Å². The summed E-state index contributed by atoms with van der Waals surface area (Å²) in [4.78, 5) is 0. The molecule has 0 bridgehead atoms. The van der Waals surface area contributed by atoms with E-state index in [0.29, 0.717) is 0 Å².